The van der Waals surface area contributed by atoms with E-state index >= 15 is 0 Å². The number of carbonyl (C=O) groups excluding carboxylic acids is 2. The lowest BCUT2D eigenvalue weighted by Crippen LogP contribution is -2.52. The fourth-order valence-electron chi connectivity index (χ4n) is 1.85. The lowest BCUT2D eigenvalue weighted by atomic mass is 9.87. The van der Waals surface area contributed by atoms with Crippen LogP contribution in [0.3, 0.4) is 0 Å². The number of hydrogen-bond donors (Lipinski definition) is 3. The highest BCUT2D eigenvalue weighted by molar-refractivity contribution is 5.83. The van der Waals surface area contributed by atoms with E-state index in [-0.39, 0.29) is 18.9 Å². The molecule has 0 aromatic carbocycles. The Bertz CT molecular complexity index is 373. The van der Waals surface area contributed by atoms with Crippen LogP contribution in [0.15, 0.2) is 0 Å². The van der Waals surface area contributed by atoms with E-state index in [0.717, 1.165) is 0 Å². The molecule has 3 amide bonds. The van der Waals surface area contributed by atoms with Gasteiger partial charge in [-0.15, -0.1) is 0 Å². The van der Waals surface area contributed by atoms with Crippen LogP contribution in [-0.2, 0) is 9.59 Å². The maximum absolute atomic E-state index is 11.7. The van der Waals surface area contributed by atoms with Gasteiger partial charge in [-0.2, -0.15) is 0 Å². The van der Waals surface area contributed by atoms with Crippen LogP contribution in [0.4, 0.5) is 4.79 Å². The molecule has 0 spiro atoms. The van der Waals surface area contributed by atoms with Crippen LogP contribution >= 0.6 is 0 Å². The molecular weight excluding hydrogens is 274 g/mol. The fourth-order valence-corrected chi connectivity index (χ4v) is 1.85. The Morgan fingerprint density at radius 2 is 1.67 bits per heavy atom. The number of aliphatic carboxylic acids is 1. The van der Waals surface area contributed by atoms with Gasteiger partial charge in [-0.25, -0.2) is 9.59 Å². The third-order valence-corrected chi connectivity index (χ3v) is 3.13. The van der Waals surface area contributed by atoms with E-state index < -0.39 is 23.5 Å². The number of carbonyl (C=O) groups is 3. The van der Waals surface area contributed by atoms with E-state index in [1.165, 1.54) is 0 Å². The van der Waals surface area contributed by atoms with Crippen molar-refractivity contribution < 1.29 is 19.5 Å². The molecule has 0 saturated carbocycles. The predicted molar refractivity (Wildman–Crippen MR) is 80.0 cm³/mol. The normalized spacial score (nSPS) is 12.4. The minimum Gasteiger partial charge on any atom is -0.480 e. The van der Waals surface area contributed by atoms with Crippen LogP contribution < -0.4 is 10.6 Å². The second-order valence-corrected chi connectivity index (χ2v) is 5.85. The number of urea groups is 1. The maximum Gasteiger partial charge on any atom is 0.326 e. The van der Waals surface area contributed by atoms with E-state index in [0.29, 0.717) is 13.1 Å². The molecule has 122 valence electrons. The van der Waals surface area contributed by atoms with Crippen molar-refractivity contribution in [2.45, 2.75) is 47.1 Å². The quantitative estimate of drug-likeness (QED) is 0.654. The Labute approximate surface area is 126 Å². The minimum absolute atomic E-state index is 0.0362. The number of carboxylic acid groups (broad SMARTS) is 1. The monoisotopic (exact) mass is 301 g/mol. The molecule has 0 saturated heterocycles. The minimum atomic E-state index is -1.09. The van der Waals surface area contributed by atoms with Crippen molar-refractivity contribution in [3.05, 3.63) is 0 Å². The van der Waals surface area contributed by atoms with Crippen LogP contribution in [0.25, 0.3) is 0 Å². The summed E-state index contributed by atoms with van der Waals surface area (Å²) in [4.78, 5) is 36.2. The molecule has 0 rings (SSSR count). The van der Waals surface area contributed by atoms with E-state index in [9.17, 15) is 14.4 Å². The summed E-state index contributed by atoms with van der Waals surface area (Å²) < 4.78 is 0. The molecule has 0 unspecified atom stereocenters. The highest BCUT2D eigenvalue weighted by Crippen LogP contribution is 2.19. The number of hydrogen-bond acceptors (Lipinski definition) is 3. The van der Waals surface area contributed by atoms with Crippen molar-refractivity contribution in [3.8, 4) is 0 Å². The zero-order valence-electron chi connectivity index (χ0n) is 13.5. The van der Waals surface area contributed by atoms with Gasteiger partial charge in [-0.05, 0) is 19.3 Å². The highest BCUT2D eigenvalue weighted by atomic mass is 16.4. The van der Waals surface area contributed by atoms with Gasteiger partial charge in [-0.1, -0.05) is 20.8 Å². The first-order chi connectivity index (χ1) is 9.63. The summed E-state index contributed by atoms with van der Waals surface area (Å²) in [5.41, 5.74) is -0.597. The molecule has 0 aliphatic heterocycles. The molecule has 21 heavy (non-hydrogen) atoms. The smallest absolute Gasteiger partial charge is 0.326 e. The van der Waals surface area contributed by atoms with Crippen LogP contribution in [0.5, 0.6) is 0 Å². The molecular formula is C14H27N3O4. The van der Waals surface area contributed by atoms with Crippen molar-refractivity contribution in [1.82, 2.24) is 15.5 Å². The second-order valence-electron chi connectivity index (χ2n) is 5.85. The Morgan fingerprint density at radius 1 is 1.14 bits per heavy atom. The summed E-state index contributed by atoms with van der Waals surface area (Å²) in [6, 6.07) is -1.57. The van der Waals surface area contributed by atoms with Gasteiger partial charge in [0.15, 0.2) is 0 Å². The van der Waals surface area contributed by atoms with E-state index in [1.807, 2.05) is 13.8 Å². The van der Waals surface area contributed by atoms with Crippen LogP contribution in [0, 0.1) is 5.41 Å². The summed E-state index contributed by atoms with van der Waals surface area (Å²) in [5.74, 6) is -1.12. The van der Waals surface area contributed by atoms with Gasteiger partial charge in [0.05, 0.1) is 0 Å². The SMILES string of the molecule is CCN(CC)C(=O)CCNC(=O)N[C@@H](C(=O)O)C(C)(C)C. The molecule has 7 heteroatoms. The number of amides is 3. The first-order valence-electron chi connectivity index (χ1n) is 7.18. The summed E-state index contributed by atoms with van der Waals surface area (Å²) in [5, 5.41) is 14.0. The van der Waals surface area contributed by atoms with Crippen molar-refractivity contribution in [3.63, 3.8) is 0 Å². The highest BCUT2D eigenvalue weighted by Gasteiger charge is 2.32. The third kappa shape index (κ3) is 6.97. The Balaban J connectivity index is 4.27. The molecule has 0 fully saturated rings. The summed E-state index contributed by atoms with van der Waals surface area (Å²) in [6.45, 7) is 10.4. The largest absolute Gasteiger partial charge is 0.480 e. The van der Waals surface area contributed by atoms with Crippen molar-refractivity contribution in [2.75, 3.05) is 19.6 Å². The fraction of sp³-hybridized carbons (Fsp3) is 0.786. The van der Waals surface area contributed by atoms with Crippen molar-refractivity contribution in [1.29, 1.82) is 0 Å². The van der Waals surface area contributed by atoms with Crippen LogP contribution in [-0.4, -0.2) is 53.6 Å². The topological polar surface area (TPSA) is 98.7 Å². The molecule has 0 aromatic heterocycles. The van der Waals surface area contributed by atoms with Gasteiger partial charge in [0.25, 0.3) is 0 Å². The standard InChI is InChI=1S/C14H27N3O4/c1-6-17(7-2)10(18)8-9-15-13(21)16-11(12(19)20)14(3,4)5/h11H,6-9H2,1-5H3,(H,19,20)(H2,15,16,21)/t11-/m0/s1. The number of nitrogens with zero attached hydrogens (tertiary/aromatic N) is 1. The molecule has 0 heterocycles. The lowest BCUT2D eigenvalue weighted by molar-refractivity contribution is -0.142. The van der Waals surface area contributed by atoms with Gasteiger partial charge < -0.3 is 20.6 Å². The summed E-state index contributed by atoms with van der Waals surface area (Å²) in [6.07, 6.45) is 0.197. The number of rotatable bonds is 7. The molecule has 3 N–H and O–H groups in total. The molecule has 0 aromatic rings. The van der Waals surface area contributed by atoms with E-state index in [1.54, 1.807) is 25.7 Å². The zero-order chi connectivity index (χ0) is 16.6. The Hall–Kier alpha value is -1.79. The van der Waals surface area contributed by atoms with Crippen LogP contribution in [0.2, 0.25) is 0 Å². The van der Waals surface area contributed by atoms with E-state index in [2.05, 4.69) is 10.6 Å². The van der Waals surface area contributed by atoms with Gasteiger partial charge in [0.1, 0.15) is 6.04 Å². The zero-order valence-corrected chi connectivity index (χ0v) is 13.5. The first-order valence-corrected chi connectivity index (χ1v) is 7.18. The maximum atomic E-state index is 11.7. The van der Waals surface area contributed by atoms with Crippen molar-refractivity contribution in [2.24, 2.45) is 5.41 Å². The first kappa shape index (κ1) is 19.2. The lowest BCUT2D eigenvalue weighted by Gasteiger charge is -2.27. The van der Waals surface area contributed by atoms with Gasteiger partial charge in [0.2, 0.25) is 5.91 Å². The predicted octanol–water partition coefficient (Wildman–Crippen LogP) is 1.04. The number of carboxylic acids is 1. The summed E-state index contributed by atoms with van der Waals surface area (Å²) in [7, 11) is 0. The third-order valence-electron chi connectivity index (χ3n) is 3.13. The molecule has 7 nitrogen and oxygen atoms in total. The molecule has 1 atom stereocenters. The molecule has 0 radical (unpaired) electrons. The molecule has 0 bridgehead atoms. The summed E-state index contributed by atoms with van der Waals surface area (Å²) >= 11 is 0. The molecule has 0 aliphatic rings. The van der Waals surface area contributed by atoms with Gasteiger partial charge in [-0.3, -0.25) is 4.79 Å². The second kappa shape index (κ2) is 8.49. The van der Waals surface area contributed by atoms with Gasteiger partial charge in [0, 0.05) is 26.1 Å². The van der Waals surface area contributed by atoms with E-state index in [4.69, 9.17) is 5.11 Å². The number of nitrogens with one attached hydrogen (secondary N) is 2. The Kier molecular flexibility index (Phi) is 7.76. The van der Waals surface area contributed by atoms with Gasteiger partial charge >= 0.3 is 12.0 Å². The Morgan fingerprint density at radius 3 is 2.05 bits per heavy atom. The average Bonchev–Trinajstić information content (AvgIpc) is 2.35. The molecule has 0 aliphatic carbocycles. The van der Waals surface area contributed by atoms with Crippen molar-refractivity contribution >= 4 is 17.9 Å². The van der Waals surface area contributed by atoms with Crippen LogP contribution in [0.1, 0.15) is 41.0 Å². The average molecular weight is 301 g/mol.